The number of amides is 1. The molecule has 8 heteroatoms. The molecule has 1 saturated carbocycles. The summed E-state index contributed by atoms with van der Waals surface area (Å²) in [7, 11) is 3.80. The van der Waals surface area contributed by atoms with Crippen LogP contribution in [-0.4, -0.2) is 60.0 Å². The fourth-order valence-corrected chi connectivity index (χ4v) is 5.51. The molecule has 0 bridgehead atoms. The summed E-state index contributed by atoms with van der Waals surface area (Å²) in [6.07, 6.45) is 6.94. The minimum atomic E-state index is -0.285. The van der Waals surface area contributed by atoms with E-state index in [9.17, 15) is 9.18 Å². The molecule has 0 radical (unpaired) electrons. The van der Waals surface area contributed by atoms with E-state index < -0.39 is 0 Å². The summed E-state index contributed by atoms with van der Waals surface area (Å²) >= 11 is 0. The van der Waals surface area contributed by atoms with Crippen molar-refractivity contribution in [3.8, 4) is 11.1 Å². The number of carbonyl (C=O) groups excluding carboxylic acids is 1. The maximum absolute atomic E-state index is 14.7. The first-order valence-electron chi connectivity index (χ1n) is 11.6. The molecule has 4 unspecified atom stereocenters. The third-order valence-electron chi connectivity index (χ3n) is 7.18. The molecule has 3 aliphatic rings. The van der Waals surface area contributed by atoms with Crippen LogP contribution in [0.2, 0.25) is 0 Å². The van der Waals surface area contributed by atoms with Crippen LogP contribution < -0.4 is 15.8 Å². The average Bonchev–Trinajstić information content (AvgIpc) is 3.43. The number of halogens is 1. The van der Waals surface area contributed by atoms with E-state index in [4.69, 9.17) is 4.98 Å². The van der Waals surface area contributed by atoms with Crippen LogP contribution in [0.5, 0.6) is 0 Å². The van der Waals surface area contributed by atoms with Gasteiger partial charge in [0.25, 0.3) is 0 Å². The zero-order valence-corrected chi connectivity index (χ0v) is 18.7. The zero-order chi connectivity index (χ0) is 22.2. The SMILES string of the molecule is CN(C)c1ncc(-c2ccccc2F)c(C2CCCN(C(=O)C3NNC4CCCC43)C2)n1. The molecule has 1 aliphatic carbocycles. The van der Waals surface area contributed by atoms with Gasteiger partial charge in [0.2, 0.25) is 11.9 Å². The van der Waals surface area contributed by atoms with Crippen molar-refractivity contribution in [1.29, 1.82) is 0 Å². The second-order valence-corrected chi connectivity index (χ2v) is 9.43. The second kappa shape index (κ2) is 8.75. The molecule has 2 aliphatic heterocycles. The van der Waals surface area contributed by atoms with E-state index in [0.29, 0.717) is 35.6 Å². The maximum Gasteiger partial charge on any atom is 0.241 e. The van der Waals surface area contributed by atoms with Crippen LogP contribution in [0.25, 0.3) is 11.1 Å². The first-order chi connectivity index (χ1) is 15.5. The van der Waals surface area contributed by atoms with Crippen LogP contribution in [0, 0.1) is 11.7 Å². The number of carbonyl (C=O) groups is 1. The summed E-state index contributed by atoms with van der Waals surface area (Å²) < 4.78 is 14.7. The lowest BCUT2D eigenvalue weighted by Gasteiger charge is -2.35. The largest absolute Gasteiger partial charge is 0.347 e. The lowest BCUT2D eigenvalue weighted by molar-refractivity contribution is -0.135. The summed E-state index contributed by atoms with van der Waals surface area (Å²) in [5.41, 5.74) is 8.62. The van der Waals surface area contributed by atoms with Crippen molar-refractivity contribution in [2.24, 2.45) is 5.92 Å². The molecule has 3 fully saturated rings. The van der Waals surface area contributed by atoms with Gasteiger partial charge >= 0.3 is 0 Å². The number of hydrogen-bond acceptors (Lipinski definition) is 6. The molecule has 7 nitrogen and oxygen atoms in total. The van der Waals surface area contributed by atoms with Gasteiger partial charge in [-0.3, -0.25) is 10.2 Å². The highest BCUT2D eigenvalue weighted by molar-refractivity contribution is 5.83. The van der Waals surface area contributed by atoms with Crippen LogP contribution in [0.4, 0.5) is 10.3 Å². The average molecular weight is 439 g/mol. The Morgan fingerprint density at radius 3 is 2.78 bits per heavy atom. The van der Waals surface area contributed by atoms with Gasteiger partial charge in [-0.1, -0.05) is 24.6 Å². The summed E-state index contributed by atoms with van der Waals surface area (Å²) in [5.74, 6) is 0.895. The van der Waals surface area contributed by atoms with Crippen molar-refractivity contribution < 1.29 is 9.18 Å². The molecule has 1 amide bonds. The predicted octanol–water partition coefficient (Wildman–Crippen LogP) is 2.70. The third-order valence-corrected chi connectivity index (χ3v) is 7.18. The zero-order valence-electron chi connectivity index (χ0n) is 18.7. The lowest BCUT2D eigenvalue weighted by atomic mass is 9.88. The van der Waals surface area contributed by atoms with E-state index in [2.05, 4.69) is 15.8 Å². The Labute approximate surface area is 188 Å². The molecule has 170 valence electrons. The van der Waals surface area contributed by atoms with Gasteiger partial charge in [0.05, 0.1) is 5.69 Å². The smallest absolute Gasteiger partial charge is 0.241 e. The normalized spacial score (nSPS) is 27.4. The Hall–Kier alpha value is -2.58. The van der Waals surface area contributed by atoms with Gasteiger partial charge in [-0.2, -0.15) is 0 Å². The minimum absolute atomic E-state index is 0.0396. The van der Waals surface area contributed by atoms with Crippen LogP contribution in [0.1, 0.15) is 43.7 Å². The number of anilines is 1. The summed E-state index contributed by atoms with van der Waals surface area (Å²) in [6, 6.07) is 7.00. The molecule has 5 rings (SSSR count). The van der Waals surface area contributed by atoms with Gasteiger partial charge in [-0.05, 0) is 31.7 Å². The summed E-state index contributed by atoms with van der Waals surface area (Å²) in [4.78, 5) is 26.6. The van der Waals surface area contributed by atoms with E-state index in [-0.39, 0.29) is 23.7 Å². The number of hydrazine groups is 1. The Kier molecular flexibility index (Phi) is 5.82. The number of likely N-dealkylation sites (tertiary alicyclic amines) is 1. The quantitative estimate of drug-likeness (QED) is 0.765. The molecule has 32 heavy (non-hydrogen) atoms. The van der Waals surface area contributed by atoms with Gasteiger partial charge < -0.3 is 9.80 Å². The Morgan fingerprint density at radius 2 is 1.97 bits per heavy atom. The lowest BCUT2D eigenvalue weighted by Crippen LogP contribution is -2.50. The number of nitrogens with zero attached hydrogens (tertiary/aromatic N) is 4. The minimum Gasteiger partial charge on any atom is -0.347 e. The Balaban J connectivity index is 1.44. The van der Waals surface area contributed by atoms with E-state index in [1.165, 1.54) is 12.5 Å². The van der Waals surface area contributed by atoms with Crippen molar-refractivity contribution >= 4 is 11.9 Å². The van der Waals surface area contributed by atoms with E-state index >= 15 is 0 Å². The topological polar surface area (TPSA) is 73.4 Å². The number of piperidine rings is 1. The van der Waals surface area contributed by atoms with Gasteiger partial charge in [-0.25, -0.2) is 19.8 Å². The Morgan fingerprint density at radius 1 is 1.12 bits per heavy atom. The van der Waals surface area contributed by atoms with E-state index in [0.717, 1.165) is 37.9 Å². The van der Waals surface area contributed by atoms with Crippen LogP contribution in [0.15, 0.2) is 30.5 Å². The predicted molar refractivity (Wildman–Crippen MR) is 121 cm³/mol. The highest BCUT2D eigenvalue weighted by atomic mass is 19.1. The van der Waals surface area contributed by atoms with Crippen LogP contribution >= 0.6 is 0 Å². The van der Waals surface area contributed by atoms with Gasteiger partial charge in [0.1, 0.15) is 11.9 Å². The van der Waals surface area contributed by atoms with Crippen molar-refractivity contribution in [3.05, 3.63) is 42.0 Å². The molecule has 4 atom stereocenters. The summed E-state index contributed by atoms with van der Waals surface area (Å²) in [5, 5.41) is 0. The molecule has 2 N–H and O–H groups in total. The molecule has 0 spiro atoms. The second-order valence-electron chi connectivity index (χ2n) is 9.43. The monoisotopic (exact) mass is 438 g/mol. The molecule has 1 aromatic heterocycles. The maximum atomic E-state index is 14.7. The molecular weight excluding hydrogens is 407 g/mol. The molecular formula is C24H31FN6O. The highest BCUT2D eigenvalue weighted by Crippen LogP contribution is 2.37. The van der Waals surface area contributed by atoms with Gasteiger partial charge in [-0.15, -0.1) is 0 Å². The number of rotatable bonds is 4. The van der Waals surface area contributed by atoms with Gasteiger partial charge in [0.15, 0.2) is 0 Å². The molecule has 2 aromatic rings. The molecule has 2 saturated heterocycles. The van der Waals surface area contributed by atoms with Crippen molar-refractivity contribution in [2.75, 3.05) is 32.1 Å². The fraction of sp³-hybridized carbons (Fsp3) is 0.542. The van der Waals surface area contributed by atoms with E-state index in [1.807, 2.05) is 30.0 Å². The highest BCUT2D eigenvalue weighted by Gasteiger charge is 2.44. The van der Waals surface area contributed by atoms with Crippen molar-refractivity contribution in [2.45, 2.75) is 50.1 Å². The number of aromatic nitrogens is 2. The number of fused-ring (bicyclic) bond motifs is 1. The van der Waals surface area contributed by atoms with Crippen LogP contribution in [0.3, 0.4) is 0 Å². The molecule has 3 heterocycles. The first kappa shape index (κ1) is 21.3. The van der Waals surface area contributed by atoms with E-state index in [1.54, 1.807) is 18.3 Å². The number of benzene rings is 1. The third kappa shape index (κ3) is 3.86. The fourth-order valence-electron chi connectivity index (χ4n) is 5.51. The van der Waals surface area contributed by atoms with Gasteiger partial charge in [0, 0.05) is 62.4 Å². The van der Waals surface area contributed by atoms with Crippen LogP contribution in [-0.2, 0) is 4.79 Å². The standard InChI is InChI=1S/C24H31FN6O/c1-30(2)24-26-13-18(16-8-3-4-10-19(16)25)21(27-24)15-7-6-12-31(14-15)23(32)22-17-9-5-11-20(17)28-29-22/h3-4,8,10,13,15,17,20,22,28-29H,5-7,9,11-12,14H2,1-2H3. The summed E-state index contributed by atoms with van der Waals surface area (Å²) in [6.45, 7) is 1.35. The number of nitrogens with one attached hydrogen (secondary N) is 2. The first-order valence-corrected chi connectivity index (χ1v) is 11.6. The van der Waals surface area contributed by atoms with Crippen molar-refractivity contribution in [1.82, 2.24) is 25.7 Å². The Bertz CT molecular complexity index is 998. The molecule has 1 aromatic carbocycles. The number of hydrogen-bond donors (Lipinski definition) is 2. The van der Waals surface area contributed by atoms with Crippen molar-refractivity contribution in [3.63, 3.8) is 0 Å².